The van der Waals surface area contributed by atoms with Gasteiger partial charge in [-0.15, -0.1) is 0 Å². The topological polar surface area (TPSA) is 58.0 Å². The van der Waals surface area contributed by atoms with Gasteiger partial charge in [0.05, 0.1) is 6.04 Å². The quantitative estimate of drug-likeness (QED) is 0.193. The monoisotopic (exact) mass is 243 g/mol. The van der Waals surface area contributed by atoms with E-state index in [1.165, 1.54) is 19.3 Å². The van der Waals surface area contributed by atoms with Crippen molar-refractivity contribution in [2.24, 2.45) is 5.11 Å². The molecular weight excluding hydrogens is 218 g/mol. The maximum atomic E-state index is 8.48. The third-order valence-corrected chi connectivity index (χ3v) is 3.35. The number of hydrogen-bond acceptors (Lipinski definition) is 2. The van der Waals surface area contributed by atoms with Crippen LogP contribution in [0.25, 0.3) is 10.4 Å². The summed E-state index contributed by atoms with van der Waals surface area (Å²) in [6.45, 7) is 9.23. The van der Waals surface area contributed by atoms with Crippen LogP contribution in [-0.4, -0.2) is 21.0 Å². The average molecular weight is 243 g/mol. The fraction of sp³-hybridized carbons (Fsp3) is 1.00. The second-order valence-electron chi connectivity index (χ2n) is 5.13. The standard InChI is InChI=1S/C11H25N3OSi/c1-5-6-7-8-9-11(13-14-12)10-15-16(2,3)4/h11H,5-10H2,1-4H3. The van der Waals surface area contributed by atoms with Gasteiger partial charge >= 0.3 is 0 Å². The SMILES string of the molecule is CCCCCCC(CO[Si](C)(C)C)N=[N+]=[N-]. The molecule has 1 atom stereocenters. The number of rotatable bonds is 9. The van der Waals surface area contributed by atoms with Crippen LogP contribution >= 0.6 is 0 Å². The molecule has 0 spiro atoms. The lowest BCUT2D eigenvalue weighted by molar-refractivity contribution is 0.273. The van der Waals surface area contributed by atoms with E-state index in [1.807, 2.05) is 0 Å². The molecule has 0 aromatic carbocycles. The summed E-state index contributed by atoms with van der Waals surface area (Å²) in [4.78, 5) is 2.90. The maximum Gasteiger partial charge on any atom is 0.183 e. The molecule has 0 aliphatic heterocycles. The molecule has 0 amide bonds. The Morgan fingerprint density at radius 3 is 2.44 bits per heavy atom. The van der Waals surface area contributed by atoms with E-state index in [1.54, 1.807) is 0 Å². The van der Waals surface area contributed by atoms with Gasteiger partial charge in [-0.2, -0.15) is 0 Å². The molecule has 1 unspecified atom stereocenters. The second-order valence-corrected chi connectivity index (χ2v) is 9.64. The Hall–Kier alpha value is -0.513. The molecule has 0 fully saturated rings. The molecule has 0 aliphatic carbocycles. The molecule has 0 rings (SSSR count). The highest BCUT2D eigenvalue weighted by Gasteiger charge is 2.16. The molecule has 0 saturated heterocycles. The first-order valence-corrected chi connectivity index (χ1v) is 9.58. The lowest BCUT2D eigenvalue weighted by Gasteiger charge is -2.20. The summed E-state index contributed by atoms with van der Waals surface area (Å²) in [6.07, 6.45) is 5.80. The van der Waals surface area contributed by atoms with E-state index in [-0.39, 0.29) is 6.04 Å². The van der Waals surface area contributed by atoms with Crippen LogP contribution in [0.5, 0.6) is 0 Å². The van der Waals surface area contributed by atoms with Gasteiger partial charge in [0.1, 0.15) is 0 Å². The van der Waals surface area contributed by atoms with Crippen molar-refractivity contribution in [1.82, 2.24) is 0 Å². The Kier molecular flexibility index (Phi) is 8.34. The van der Waals surface area contributed by atoms with E-state index in [0.29, 0.717) is 6.61 Å². The fourth-order valence-electron chi connectivity index (χ4n) is 1.40. The van der Waals surface area contributed by atoms with Gasteiger partial charge in [0, 0.05) is 11.5 Å². The second kappa shape index (κ2) is 8.62. The van der Waals surface area contributed by atoms with Crippen LogP contribution in [-0.2, 0) is 4.43 Å². The molecular formula is C11H25N3OSi. The van der Waals surface area contributed by atoms with E-state index in [0.717, 1.165) is 12.8 Å². The Morgan fingerprint density at radius 2 is 1.94 bits per heavy atom. The molecule has 0 saturated carbocycles. The van der Waals surface area contributed by atoms with Crippen molar-refractivity contribution < 1.29 is 4.43 Å². The zero-order valence-corrected chi connectivity index (χ0v) is 12.1. The van der Waals surface area contributed by atoms with Gasteiger partial charge in [-0.3, -0.25) is 0 Å². The van der Waals surface area contributed by atoms with E-state index < -0.39 is 8.32 Å². The number of unbranched alkanes of at least 4 members (excludes halogenated alkanes) is 3. The summed E-state index contributed by atoms with van der Waals surface area (Å²) in [5, 5.41) is 3.80. The summed E-state index contributed by atoms with van der Waals surface area (Å²) in [5.41, 5.74) is 8.48. The number of nitrogens with zero attached hydrogens (tertiary/aromatic N) is 3. The molecule has 0 bridgehead atoms. The maximum absolute atomic E-state index is 8.48. The molecule has 5 heteroatoms. The highest BCUT2D eigenvalue weighted by molar-refractivity contribution is 6.69. The summed E-state index contributed by atoms with van der Waals surface area (Å²) in [6, 6.07) is 0.0218. The average Bonchev–Trinajstić information content (AvgIpc) is 2.19. The fourth-order valence-corrected chi connectivity index (χ4v) is 2.09. The van der Waals surface area contributed by atoms with Gasteiger partial charge in [0.25, 0.3) is 0 Å². The smallest absolute Gasteiger partial charge is 0.183 e. The van der Waals surface area contributed by atoms with Crippen molar-refractivity contribution in [3.05, 3.63) is 10.4 Å². The lowest BCUT2D eigenvalue weighted by atomic mass is 10.1. The Bertz CT molecular complexity index is 222. The normalized spacial score (nSPS) is 13.2. The zero-order chi connectivity index (χ0) is 12.4. The van der Waals surface area contributed by atoms with Crippen LogP contribution in [0.3, 0.4) is 0 Å². The van der Waals surface area contributed by atoms with Crippen LogP contribution < -0.4 is 0 Å². The van der Waals surface area contributed by atoms with E-state index >= 15 is 0 Å². The molecule has 0 radical (unpaired) electrons. The summed E-state index contributed by atoms with van der Waals surface area (Å²) < 4.78 is 5.78. The van der Waals surface area contributed by atoms with Crippen LogP contribution in [0.15, 0.2) is 5.11 Å². The van der Waals surface area contributed by atoms with E-state index in [9.17, 15) is 0 Å². The Labute approximate surface area is 100 Å². The third-order valence-electron chi connectivity index (χ3n) is 2.31. The summed E-state index contributed by atoms with van der Waals surface area (Å²) >= 11 is 0. The van der Waals surface area contributed by atoms with Crippen molar-refractivity contribution in [2.75, 3.05) is 6.61 Å². The van der Waals surface area contributed by atoms with Gasteiger partial charge < -0.3 is 4.43 Å². The molecule has 4 nitrogen and oxygen atoms in total. The van der Waals surface area contributed by atoms with Crippen LogP contribution in [0.2, 0.25) is 19.6 Å². The van der Waals surface area contributed by atoms with E-state index in [2.05, 4.69) is 36.6 Å². The molecule has 0 aromatic heterocycles. The van der Waals surface area contributed by atoms with Crippen molar-refractivity contribution in [3.63, 3.8) is 0 Å². The highest BCUT2D eigenvalue weighted by Crippen LogP contribution is 2.11. The third kappa shape index (κ3) is 10.0. The number of hydrogen-bond donors (Lipinski definition) is 0. The minimum absolute atomic E-state index is 0.0218. The zero-order valence-electron chi connectivity index (χ0n) is 11.1. The van der Waals surface area contributed by atoms with Crippen molar-refractivity contribution in [2.45, 2.75) is 64.7 Å². The first kappa shape index (κ1) is 15.5. The van der Waals surface area contributed by atoms with Gasteiger partial charge in [-0.1, -0.05) is 37.7 Å². The van der Waals surface area contributed by atoms with Crippen LogP contribution in [0, 0.1) is 0 Å². The molecule has 0 heterocycles. The Morgan fingerprint density at radius 1 is 1.25 bits per heavy atom. The molecule has 0 N–H and O–H groups in total. The largest absolute Gasteiger partial charge is 0.417 e. The summed E-state index contributed by atoms with van der Waals surface area (Å²) in [5.74, 6) is 0. The lowest BCUT2D eigenvalue weighted by Crippen LogP contribution is -2.29. The number of azide groups is 1. The predicted octanol–water partition coefficient (Wildman–Crippen LogP) is 4.49. The van der Waals surface area contributed by atoms with Crippen LogP contribution in [0.1, 0.15) is 39.0 Å². The van der Waals surface area contributed by atoms with Gasteiger partial charge in [-0.05, 0) is 31.6 Å². The van der Waals surface area contributed by atoms with E-state index in [4.69, 9.17) is 9.96 Å². The highest BCUT2D eigenvalue weighted by atomic mass is 28.4. The summed E-state index contributed by atoms with van der Waals surface area (Å²) in [7, 11) is -1.49. The van der Waals surface area contributed by atoms with Crippen molar-refractivity contribution in [3.8, 4) is 0 Å². The Balaban J connectivity index is 3.84. The molecule has 16 heavy (non-hydrogen) atoms. The first-order chi connectivity index (χ1) is 7.49. The minimum atomic E-state index is -1.49. The molecule has 94 valence electrons. The van der Waals surface area contributed by atoms with Gasteiger partial charge in [0.2, 0.25) is 0 Å². The van der Waals surface area contributed by atoms with Gasteiger partial charge in [-0.25, -0.2) is 0 Å². The minimum Gasteiger partial charge on any atom is -0.417 e. The van der Waals surface area contributed by atoms with Crippen LogP contribution in [0.4, 0.5) is 0 Å². The molecule has 0 aromatic rings. The predicted molar refractivity (Wildman–Crippen MR) is 71.0 cm³/mol. The van der Waals surface area contributed by atoms with Crippen molar-refractivity contribution in [1.29, 1.82) is 0 Å². The van der Waals surface area contributed by atoms with Gasteiger partial charge in [0.15, 0.2) is 8.32 Å². The first-order valence-electron chi connectivity index (χ1n) is 6.17. The van der Waals surface area contributed by atoms with Crippen molar-refractivity contribution >= 4 is 8.32 Å². The molecule has 0 aliphatic rings.